The Morgan fingerprint density at radius 2 is 2.00 bits per heavy atom. The molecule has 0 aliphatic carbocycles. The normalized spacial score (nSPS) is 11.1. The minimum absolute atomic E-state index is 0.0233. The van der Waals surface area contributed by atoms with E-state index >= 15 is 0 Å². The van der Waals surface area contributed by atoms with E-state index in [9.17, 15) is 9.18 Å². The number of rotatable bonds is 7. The molecule has 0 unspecified atom stereocenters. The second-order valence-electron chi connectivity index (χ2n) is 7.13. The molecule has 0 saturated heterocycles. The fraction of sp³-hybridized carbons (Fsp3) is 0.0909. The monoisotopic (exact) mass is 445 g/mol. The van der Waals surface area contributed by atoms with E-state index in [1.165, 1.54) is 31.2 Å². The number of anilines is 1. The van der Waals surface area contributed by atoms with E-state index in [1.54, 1.807) is 35.0 Å². The summed E-state index contributed by atoms with van der Waals surface area (Å²) in [6.07, 6.45) is 5.33. The van der Waals surface area contributed by atoms with Gasteiger partial charge in [-0.05, 0) is 12.1 Å². The molecule has 2 N–H and O–H groups in total. The van der Waals surface area contributed by atoms with Crippen molar-refractivity contribution in [1.29, 1.82) is 0 Å². The van der Waals surface area contributed by atoms with Crippen molar-refractivity contribution in [2.24, 2.45) is 0 Å². The second kappa shape index (κ2) is 8.46. The van der Waals surface area contributed by atoms with Gasteiger partial charge in [-0.15, -0.1) is 0 Å². The Bertz CT molecular complexity index is 1410. The average Bonchev–Trinajstić information content (AvgIpc) is 3.58. The minimum atomic E-state index is -0.345. The predicted molar refractivity (Wildman–Crippen MR) is 113 cm³/mol. The zero-order chi connectivity index (χ0) is 22.8. The molecule has 10 nitrogen and oxygen atoms in total. The number of nitrogen functional groups attached to an aromatic ring is 1. The van der Waals surface area contributed by atoms with Crippen LogP contribution in [-0.2, 0) is 13.0 Å². The Morgan fingerprint density at radius 3 is 2.73 bits per heavy atom. The van der Waals surface area contributed by atoms with Gasteiger partial charge in [-0.2, -0.15) is 5.10 Å². The molecule has 0 saturated carbocycles. The molecule has 0 atom stereocenters. The number of carbonyl (C=O) groups is 1. The lowest BCUT2D eigenvalue weighted by molar-refractivity contribution is 0.0988. The van der Waals surface area contributed by atoms with Crippen molar-refractivity contribution in [2.45, 2.75) is 13.0 Å². The number of carbonyl (C=O) groups excluding carboxylic acids is 1. The summed E-state index contributed by atoms with van der Waals surface area (Å²) in [6.45, 7) is 0.161. The Labute approximate surface area is 185 Å². The lowest BCUT2D eigenvalue weighted by Gasteiger charge is -2.06. The fourth-order valence-electron chi connectivity index (χ4n) is 3.28. The van der Waals surface area contributed by atoms with E-state index in [4.69, 9.17) is 14.7 Å². The van der Waals surface area contributed by atoms with Crippen LogP contribution in [0.1, 0.15) is 21.6 Å². The van der Waals surface area contributed by atoms with Crippen LogP contribution < -0.4 is 5.73 Å². The van der Waals surface area contributed by atoms with E-state index in [0.717, 1.165) is 0 Å². The van der Waals surface area contributed by atoms with Gasteiger partial charge in [0.25, 0.3) is 0 Å². The number of hydrogen-bond donors (Lipinski definition) is 1. The molecule has 4 heterocycles. The third-order valence-electron chi connectivity index (χ3n) is 4.95. The van der Waals surface area contributed by atoms with Crippen LogP contribution in [0.15, 0.2) is 70.5 Å². The number of nitrogens with zero attached hydrogens (tertiary/aromatic N) is 6. The van der Waals surface area contributed by atoms with Gasteiger partial charge in [0.1, 0.15) is 41.2 Å². The van der Waals surface area contributed by atoms with Crippen molar-refractivity contribution in [3.8, 4) is 22.9 Å². The Morgan fingerprint density at radius 1 is 1.12 bits per heavy atom. The summed E-state index contributed by atoms with van der Waals surface area (Å²) in [5.41, 5.74) is 8.71. The van der Waals surface area contributed by atoms with Crippen LogP contribution >= 0.6 is 0 Å². The van der Waals surface area contributed by atoms with Crippen LogP contribution in [0.2, 0.25) is 0 Å². The molecule has 0 aliphatic heterocycles. The highest BCUT2D eigenvalue weighted by molar-refractivity contribution is 5.95. The Kier molecular flexibility index (Phi) is 5.19. The van der Waals surface area contributed by atoms with Crippen molar-refractivity contribution < 1.29 is 18.1 Å². The topological polar surface area (TPSA) is 139 Å². The third kappa shape index (κ3) is 4.11. The number of Topliss-reactive ketones (excluding diaryl/α,β-unsaturated/α-hetero) is 1. The maximum atomic E-state index is 14.2. The number of oxazole rings is 1. The molecule has 5 rings (SSSR count). The van der Waals surface area contributed by atoms with Crippen LogP contribution in [0.5, 0.6) is 0 Å². The standard InChI is InChI=1S/C22H16FN7O3/c23-15-4-2-1-3-13(15)10-30-19(16-5-6-33-29-16)8-17(28-30)22-25-9-14(21(24)27-22)7-20(31)18-11-32-12-26-18/h1-6,8-9,11-12H,7,10H2,(H2,24,25,27). The molecule has 5 aromatic rings. The van der Waals surface area contributed by atoms with Gasteiger partial charge in [-0.3, -0.25) is 9.48 Å². The second-order valence-corrected chi connectivity index (χ2v) is 7.13. The number of ketones is 1. The summed E-state index contributed by atoms with van der Waals surface area (Å²) < 4.78 is 25.6. The zero-order valence-electron chi connectivity index (χ0n) is 17.1. The first-order chi connectivity index (χ1) is 16.1. The van der Waals surface area contributed by atoms with E-state index in [2.05, 4.69) is 25.2 Å². The predicted octanol–water partition coefficient (Wildman–Crippen LogP) is 3.18. The van der Waals surface area contributed by atoms with Crippen molar-refractivity contribution >= 4 is 11.6 Å². The third-order valence-corrected chi connectivity index (χ3v) is 4.95. The SMILES string of the molecule is Nc1nc(-c2cc(-c3ccon3)n(Cc3ccccc3F)n2)ncc1CC(=O)c1cocn1. The first-order valence-corrected chi connectivity index (χ1v) is 9.83. The maximum absolute atomic E-state index is 14.2. The van der Waals surface area contributed by atoms with Crippen molar-refractivity contribution in [3.63, 3.8) is 0 Å². The van der Waals surface area contributed by atoms with E-state index < -0.39 is 0 Å². The summed E-state index contributed by atoms with van der Waals surface area (Å²) in [5, 5.41) is 8.50. The molecule has 4 aromatic heterocycles. The van der Waals surface area contributed by atoms with E-state index in [0.29, 0.717) is 28.2 Å². The number of hydrogen-bond acceptors (Lipinski definition) is 9. The molecule has 0 fully saturated rings. The van der Waals surface area contributed by atoms with Crippen LogP contribution in [0.25, 0.3) is 22.9 Å². The number of nitrogens with two attached hydrogens (primary N) is 1. The largest absolute Gasteiger partial charge is 0.451 e. The van der Waals surface area contributed by atoms with Gasteiger partial charge >= 0.3 is 0 Å². The Hall–Kier alpha value is -4.67. The molecule has 0 bridgehead atoms. The molecular weight excluding hydrogens is 429 g/mol. The minimum Gasteiger partial charge on any atom is -0.451 e. The highest BCUT2D eigenvalue weighted by Crippen LogP contribution is 2.26. The highest BCUT2D eigenvalue weighted by Gasteiger charge is 2.19. The zero-order valence-corrected chi connectivity index (χ0v) is 17.1. The number of aromatic nitrogens is 6. The molecule has 0 radical (unpaired) electrons. The van der Waals surface area contributed by atoms with Gasteiger partial charge in [0, 0.05) is 29.8 Å². The molecule has 0 aliphatic rings. The molecule has 1 aromatic carbocycles. The van der Waals surface area contributed by atoms with Crippen LogP contribution in [-0.4, -0.2) is 35.7 Å². The smallest absolute Gasteiger partial charge is 0.189 e. The first-order valence-electron chi connectivity index (χ1n) is 9.83. The summed E-state index contributed by atoms with van der Waals surface area (Å²) in [6, 6.07) is 9.83. The first kappa shape index (κ1) is 20.2. The van der Waals surface area contributed by atoms with Gasteiger partial charge in [0.05, 0.1) is 12.2 Å². The lowest BCUT2D eigenvalue weighted by Crippen LogP contribution is -2.09. The van der Waals surface area contributed by atoms with E-state index in [-0.39, 0.29) is 41.9 Å². The molecular formula is C22H16FN7O3. The Balaban J connectivity index is 1.47. The molecule has 164 valence electrons. The van der Waals surface area contributed by atoms with Crippen molar-refractivity contribution in [1.82, 2.24) is 29.9 Å². The van der Waals surface area contributed by atoms with Crippen molar-refractivity contribution in [3.05, 3.63) is 84.2 Å². The molecule has 33 heavy (non-hydrogen) atoms. The summed E-state index contributed by atoms with van der Waals surface area (Å²) in [7, 11) is 0. The molecule has 0 amide bonds. The highest BCUT2D eigenvalue weighted by atomic mass is 19.1. The summed E-state index contributed by atoms with van der Waals surface area (Å²) >= 11 is 0. The van der Waals surface area contributed by atoms with Crippen LogP contribution in [0.4, 0.5) is 10.2 Å². The van der Waals surface area contributed by atoms with Crippen LogP contribution in [0.3, 0.4) is 0 Å². The van der Waals surface area contributed by atoms with Crippen LogP contribution in [0, 0.1) is 5.82 Å². The van der Waals surface area contributed by atoms with Gasteiger partial charge in [-0.1, -0.05) is 23.4 Å². The molecule has 11 heteroatoms. The van der Waals surface area contributed by atoms with E-state index in [1.807, 2.05) is 0 Å². The van der Waals surface area contributed by atoms with Gasteiger partial charge in [-0.25, -0.2) is 19.3 Å². The fourth-order valence-corrected chi connectivity index (χ4v) is 3.28. The molecule has 0 spiro atoms. The average molecular weight is 445 g/mol. The maximum Gasteiger partial charge on any atom is 0.189 e. The van der Waals surface area contributed by atoms with Gasteiger partial charge < -0.3 is 14.7 Å². The lowest BCUT2D eigenvalue weighted by atomic mass is 10.1. The quantitative estimate of drug-likeness (QED) is 0.374. The summed E-state index contributed by atoms with van der Waals surface area (Å²) in [4.78, 5) is 24.7. The number of halogens is 1. The van der Waals surface area contributed by atoms with Crippen molar-refractivity contribution in [2.75, 3.05) is 5.73 Å². The van der Waals surface area contributed by atoms with Gasteiger partial charge in [0.15, 0.2) is 18.0 Å². The summed E-state index contributed by atoms with van der Waals surface area (Å²) in [5.74, 6) is -0.220. The number of benzene rings is 1. The van der Waals surface area contributed by atoms with Gasteiger partial charge in [0.2, 0.25) is 0 Å².